The van der Waals surface area contributed by atoms with Crippen molar-refractivity contribution in [3.63, 3.8) is 0 Å². The van der Waals surface area contributed by atoms with Crippen LogP contribution in [0.4, 0.5) is 0 Å². The lowest BCUT2D eigenvalue weighted by atomic mass is 9.85. The van der Waals surface area contributed by atoms with E-state index in [9.17, 15) is 50.0 Å². The molecule has 8 atom stereocenters. The van der Waals surface area contributed by atoms with Gasteiger partial charge in [-0.05, 0) is 32.1 Å². The first kappa shape index (κ1) is 48.5. The van der Waals surface area contributed by atoms with Crippen LogP contribution in [0.2, 0.25) is 0 Å². The molecule has 0 saturated heterocycles. The normalized spacial score (nSPS) is 25.5. The predicted octanol–water partition coefficient (Wildman–Crippen LogP) is 4.63. The Bertz CT molecular complexity index is 1040. The highest BCUT2D eigenvalue weighted by Crippen LogP contribution is 2.47. The lowest BCUT2D eigenvalue weighted by Crippen LogP contribution is -2.64. The van der Waals surface area contributed by atoms with E-state index in [1.165, 1.54) is 82.8 Å². The average Bonchev–Trinajstić information content (AvgIpc) is 3.11. The topological polar surface area (TPSA) is 226 Å². The van der Waals surface area contributed by atoms with E-state index >= 15 is 0 Å². The van der Waals surface area contributed by atoms with E-state index in [1.807, 2.05) is 6.08 Å². The molecule has 0 aromatic heterocycles. The van der Waals surface area contributed by atoms with Gasteiger partial charge in [0.15, 0.2) is 0 Å². The lowest BCUT2D eigenvalue weighted by molar-refractivity contribution is -0.220. The van der Waals surface area contributed by atoms with E-state index in [4.69, 9.17) is 9.05 Å². The SMILES string of the molecule is CCCCCCCC/C=C\C/C=C\C(O)CC(=O)NC(COP(=O)(O)OC1C(O)C(O)C(O)C(O)C1O)C(O)/C=C/CCCCCCCCCCC. The summed E-state index contributed by atoms with van der Waals surface area (Å²) >= 11 is 0. The molecule has 304 valence electrons. The Balaban J connectivity index is 2.72. The van der Waals surface area contributed by atoms with Crippen molar-refractivity contribution in [2.45, 2.75) is 191 Å². The highest BCUT2D eigenvalue weighted by Gasteiger charge is 2.51. The first-order valence-corrected chi connectivity index (χ1v) is 21.0. The van der Waals surface area contributed by atoms with E-state index in [0.29, 0.717) is 12.8 Å². The van der Waals surface area contributed by atoms with Gasteiger partial charge in [-0.25, -0.2) is 4.57 Å². The molecular weight excluding hydrogens is 693 g/mol. The minimum atomic E-state index is -5.14. The maximum Gasteiger partial charge on any atom is 0.472 e. The summed E-state index contributed by atoms with van der Waals surface area (Å²) in [6.45, 7) is 3.63. The van der Waals surface area contributed by atoms with Gasteiger partial charge < -0.3 is 46.0 Å². The first-order valence-electron chi connectivity index (χ1n) is 19.5. The van der Waals surface area contributed by atoms with Crippen molar-refractivity contribution in [1.29, 1.82) is 0 Å². The van der Waals surface area contributed by atoms with Crippen LogP contribution in [0.3, 0.4) is 0 Å². The maximum absolute atomic E-state index is 12.8. The molecule has 0 heterocycles. The summed E-state index contributed by atoms with van der Waals surface area (Å²) in [4.78, 5) is 23.2. The van der Waals surface area contributed by atoms with Crippen LogP contribution in [-0.4, -0.2) is 108 Å². The lowest BCUT2D eigenvalue weighted by Gasteiger charge is -2.41. The molecule has 52 heavy (non-hydrogen) atoms. The number of amides is 1. The van der Waals surface area contributed by atoms with Crippen LogP contribution in [-0.2, 0) is 18.4 Å². The largest absolute Gasteiger partial charge is 0.472 e. The highest BCUT2D eigenvalue weighted by atomic mass is 31.2. The van der Waals surface area contributed by atoms with Gasteiger partial charge in [-0.1, -0.05) is 134 Å². The molecule has 13 nitrogen and oxygen atoms in total. The summed E-state index contributed by atoms with van der Waals surface area (Å²) in [6, 6.07) is -1.27. The molecule has 8 unspecified atom stereocenters. The van der Waals surface area contributed by atoms with Gasteiger partial charge in [0, 0.05) is 0 Å². The zero-order valence-electron chi connectivity index (χ0n) is 31.5. The maximum atomic E-state index is 12.8. The summed E-state index contributed by atoms with van der Waals surface area (Å²) in [5.74, 6) is -0.664. The van der Waals surface area contributed by atoms with E-state index in [-0.39, 0.29) is 6.42 Å². The van der Waals surface area contributed by atoms with Gasteiger partial charge in [0.25, 0.3) is 0 Å². The molecule has 1 saturated carbocycles. The molecule has 1 aliphatic carbocycles. The van der Waals surface area contributed by atoms with Gasteiger partial charge >= 0.3 is 7.82 Å². The molecule has 0 spiro atoms. The van der Waals surface area contributed by atoms with Crippen molar-refractivity contribution in [3.8, 4) is 0 Å². The number of aliphatic hydroxyl groups excluding tert-OH is 7. The molecule has 0 radical (unpaired) electrons. The van der Waals surface area contributed by atoms with Crippen molar-refractivity contribution >= 4 is 13.7 Å². The van der Waals surface area contributed by atoms with E-state index in [0.717, 1.165) is 32.1 Å². The summed E-state index contributed by atoms with van der Waals surface area (Å²) in [7, 11) is -5.14. The molecule has 9 N–H and O–H groups in total. The second kappa shape index (κ2) is 28.9. The number of hydrogen-bond donors (Lipinski definition) is 9. The minimum absolute atomic E-state index is 0.352. The number of hydrogen-bond acceptors (Lipinski definition) is 11. The van der Waals surface area contributed by atoms with Crippen molar-refractivity contribution in [3.05, 3.63) is 36.5 Å². The third kappa shape index (κ3) is 21.4. The molecule has 0 aromatic carbocycles. The van der Waals surface area contributed by atoms with Crippen LogP contribution in [0, 0.1) is 0 Å². The zero-order valence-corrected chi connectivity index (χ0v) is 32.4. The minimum Gasteiger partial charge on any atom is -0.389 e. The molecule has 1 rings (SSSR count). The fourth-order valence-corrected chi connectivity index (χ4v) is 6.91. The van der Waals surface area contributed by atoms with Crippen LogP contribution >= 0.6 is 7.82 Å². The van der Waals surface area contributed by atoms with Crippen LogP contribution < -0.4 is 5.32 Å². The fraction of sp³-hybridized carbons (Fsp3) is 0.816. The molecule has 0 bridgehead atoms. The molecule has 0 aromatic rings. The van der Waals surface area contributed by atoms with Gasteiger partial charge in [0.2, 0.25) is 5.91 Å². The van der Waals surface area contributed by atoms with Crippen LogP contribution in [0.15, 0.2) is 36.5 Å². The highest BCUT2D eigenvalue weighted by molar-refractivity contribution is 7.47. The summed E-state index contributed by atoms with van der Waals surface area (Å²) in [5.41, 5.74) is 0. The standard InChI is InChI=1S/C38H70NO12P/c1-3-5-7-9-11-13-15-17-19-21-23-25-29(40)27-32(42)39-30(31(41)26-24-22-20-18-16-14-12-10-8-6-4-2)28-50-52(48,49)51-38-36(46)34(44)33(43)35(45)37(38)47/h17,19,23-26,29-31,33-38,40-41,43-47H,3-16,18,20-22,27-28H2,1-2H3,(H,39,42)(H,48,49)/b19-17-,25-23-,26-24+. The molecule has 1 amide bonds. The fourth-order valence-electron chi connectivity index (χ4n) is 5.94. The van der Waals surface area contributed by atoms with Crippen molar-refractivity contribution in [2.24, 2.45) is 0 Å². The zero-order chi connectivity index (χ0) is 38.8. The Morgan fingerprint density at radius 2 is 1.15 bits per heavy atom. The van der Waals surface area contributed by atoms with Gasteiger partial charge in [0.1, 0.15) is 36.6 Å². The van der Waals surface area contributed by atoms with Crippen molar-refractivity contribution in [1.82, 2.24) is 5.32 Å². The van der Waals surface area contributed by atoms with Gasteiger partial charge in [0.05, 0.1) is 31.3 Å². The molecular formula is C38H70NO12P. The molecule has 14 heteroatoms. The van der Waals surface area contributed by atoms with Gasteiger partial charge in [-0.15, -0.1) is 0 Å². The second-order valence-electron chi connectivity index (χ2n) is 14.0. The van der Waals surface area contributed by atoms with Crippen LogP contribution in [0.1, 0.15) is 136 Å². The number of rotatable bonds is 30. The summed E-state index contributed by atoms with van der Waals surface area (Å²) < 4.78 is 22.7. The average molecular weight is 764 g/mol. The monoisotopic (exact) mass is 763 g/mol. The van der Waals surface area contributed by atoms with E-state index in [2.05, 4.69) is 25.2 Å². The number of unbranched alkanes of at least 4 members (excludes halogenated alkanes) is 15. The smallest absolute Gasteiger partial charge is 0.389 e. The molecule has 0 aliphatic heterocycles. The Morgan fingerprint density at radius 1 is 0.673 bits per heavy atom. The predicted molar refractivity (Wildman–Crippen MR) is 201 cm³/mol. The quantitative estimate of drug-likeness (QED) is 0.0277. The number of carbonyl (C=O) groups excluding carboxylic acids is 1. The Labute approximate surface area is 311 Å². The van der Waals surface area contributed by atoms with E-state index < -0.39 is 75.2 Å². The van der Waals surface area contributed by atoms with Crippen LogP contribution in [0.25, 0.3) is 0 Å². The summed E-state index contributed by atoms with van der Waals surface area (Å²) in [5, 5.41) is 73.8. The Kier molecular flexibility index (Phi) is 27.0. The third-order valence-corrected chi connectivity index (χ3v) is 10.2. The van der Waals surface area contributed by atoms with E-state index in [1.54, 1.807) is 12.2 Å². The molecule has 1 fully saturated rings. The Hall–Kier alpha value is -1.48. The van der Waals surface area contributed by atoms with Gasteiger partial charge in [-0.2, -0.15) is 0 Å². The number of allylic oxidation sites excluding steroid dienone is 4. The number of nitrogens with one attached hydrogen (secondary N) is 1. The van der Waals surface area contributed by atoms with Crippen LogP contribution in [0.5, 0.6) is 0 Å². The third-order valence-electron chi connectivity index (χ3n) is 9.23. The Morgan fingerprint density at radius 3 is 1.69 bits per heavy atom. The van der Waals surface area contributed by atoms with Gasteiger partial charge in [-0.3, -0.25) is 13.8 Å². The summed E-state index contributed by atoms with van der Waals surface area (Å²) in [6.07, 6.45) is 15.7. The van der Waals surface area contributed by atoms with Crippen molar-refractivity contribution < 1.29 is 59.0 Å². The number of aliphatic hydroxyl groups is 7. The first-order chi connectivity index (χ1) is 24.8. The number of phosphoric ester groups is 1. The second-order valence-corrected chi connectivity index (χ2v) is 15.4. The van der Waals surface area contributed by atoms with Crippen molar-refractivity contribution in [2.75, 3.05) is 6.61 Å². The number of carbonyl (C=O) groups is 1. The molecule has 1 aliphatic rings. The number of phosphoric acid groups is 1.